The Morgan fingerprint density at radius 2 is 1.85 bits per heavy atom. The van der Waals surface area contributed by atoms with Gasteiger partial charge in [0.25, 0.3) is 5.91 Å². The molecular weight excluding hydrogens is 352 g/mol. The number of nitrogens with zero attached hydrogens (tertiary/aromatic N) is 1. The zero-order chi connectivity index (χ0) is 19.3. The van der Waals surface area contributed by atoms with Gasteiger partial charge in [0.1, 0.15) is 5.75 Å². The van der Waals surface area contributed by atoms with Crippen LogP contribution in [0.2, 0.25) is 0 Å². The van der Waals surface area contributed by atoms with Crippen LogP contribution in [0.25, 0.3) is 0 Å². The van der Waals surface area contributed by atoms with Crippen molar-refractivity contribution >= 4 is 27.3 Å². The van der Waals surface area contributed by atoms with Crippen molar-refractivity contribution < 1.29 is 17.9 Å². The van der Waals surface area contributed by atoms with E-state index in [2.05, 4.69) is 5.32 Å². The molecule has 2 rings (SSSR count). The van der Waals surface area contributed by atoms with Crippen molar-refractivity contribution in [1.82, 2.24) is 0 Å². The second-order valence-corrected chi connectivity index (χ2v) is 8.11. The monoisotopic (exact) mass is 376 g/mol. The standard InChI is InChI=1S/C19H24N2O4S/c1-5-18(19(22)20-15-8-6-7-14(2)13-15)25-17-11-9-16(10-12-17)21(3)26(4,23)24/h6-13,18H,5H2,1-4H3,(H,20,22). The van der Waals surface area contributed by atoms with Gasteiger partial charge in [0.15, 0.2) is 6.10 Å². The van der Waals surface area contributed by atoms with E-state index in [4.69, 9.17) is 4.74 Å². The van der Waals surface area contributed by atoms with Crippen LogP contribution in [0.3, 0.4) is 0 Å². The number of amides is 1. The Hall–Kier alpha value is -2.54. The van der Waals surface area contributed by atoms with Gasteiger partial charge in [-0.1, -0.05) is 19.1 Å². The predicted octanol–water partition coefficient (Wildman–Crippen LogP) is 3.19. The van der Waals surface area contributed by atoms with E-state index in [0.717, 1.165) is 17.5 Å². The summed E-state index contributed by atoms with van der Waals surface area (Å²) in [6.07, 6.45) is 0.997. The lowest BCUT2D eigenvalue weighted by Crippen LogP contribution is -2.32. The summed E-state index contributed by atoms with van der Waals surface area (Å²) in [7, 11) is -1.84. The molecule has 2 aromatic rings. The molecule has 0 saturated heterocycles. The molecule has 0 fully saturated rings. The van der Waals surface area contributed by atoms with E-state index in [1.165, 1.54) is 11.4 Å². The number of ether oxygens (including phenoxy) is 1. The van der Waals surface area contributed by atoms with Crippen molar-refractivity contribution in [3.05, 3.63) is 54.1 Å². The number of carbonyl (C=O) groups excluding carboxylic acids is 1. The first kappa shape index (κ1) is 19.8. The molecule has 1 atom stereocenters. The second-order valence-electron chi connectivity index (χ2n) is 6.10. The SMILES string of the molecule is CCC(Oc1ccc(N(C)S(C)(=O)=O)cc1)C(=O)Nc1cccc(C)c1. The number of carbonyl (C=O) groups is 1. The number of rotatable bonds is 7. The van der Waals surface area contributed by atoms with Crippen LogP contribution in [0.15, 0.2) is 48.5 Å². The Morgan fingerprint density at radius 1 is 1.19 bits per heavy atom. The molecule has 1 unspecified atom stereocenters. The van der Waals surface area contributed by atoms with Crippen molar-refractivity contribution in [2.75, 3.05) is 22.9 Å². The summed E-state index contributed by atoms with van der Waals surface area (Å²) in [6, 6.07) is 14.1. The highest BCUT2D eigenvalue weighted by molar-refractivity contribution is 7.92. The predicted molar refractivity (Wildman–Crippen MR) is 104 cm³/mol. The van der Waals surface area contributed by atoms with Crippen molar-refractivity contribution in [3.8, 4) is 5.75 Å². The summed E-state index contributed by atoms with van der Waals surface area (Å²) in [5.74, 6) is 0.275. The van der Waals surface area contributed by atoms with Crippen LogP contribution in [0.1, 0.15) is 18.9 Å². The number of anilines is 2. The molecule has 0 radical (unpaired) electrons. The zero-order valence-electron chi connectivity index (χ0n) is 15.4. The Bertz CT molecular complexity index is 863. The molecule has 7 heteroatoms. The number of hydrogen-bond donors (Lipinski definition) is 1. The molecule has 0 aliphatic rings. The van der Waals surface area contributed by atoms with Crippen LogP contribution in [-0.2, 0) is 14.8 Å². The van der Waals surface area contributed by atoms with Gasteiger partial charge in [0.05, 0.1) is 11.9 Å². The maximum absolute atomic E-state index is 12.4. The van der Waals surface area contributed by atoms with Gasteiger partial charge in [-0.2, -0.15) is 0 Å². The van der Waals surface area contributed by atoms with Crippen molar-refractivity contribution in [2.45, 2.75) is 26.4 Å². The quantitative estimate of drug-likeness (QED) is 0.805. The lowest BCUT2D eigenvalue weighted by Gasteiger charge is -2.19. The van der Waals surface area contributed by atoms with E-state index in [1.807, 2.05) is 38.1 Å². The minimum Gasteiger partial charge on any atom is -0.481 e. The van der Waals surface area contributed by atoms with Crippen LogP contribution in [0.4, 0.5) is 11.4 Å². The van der Waals surface area contributed by atoms with Crippen molar-refractivity contribution in [3.63, 3.8) is 0 Å². The average molecular weight is 376 g/mol. The molecule has 6 nitrogen and oxygen atoms in total. The van der Waals surface area contributed by atoms with E-state index in [1.54, 1.807) is 24.3 Å². The molecule has 0 spiro atoms. The molecule has 0 aliphatic carbocycles. The van der Waals surface area contributed by atoms with Gasteiger partial charge in [-0.3, -0.25) is 9.10 Å². The smallest absolute Gasteiger partial charge is 0.265 e. The molecule has 1 N–H and O–H groups in total. The summed E-state index contributed by atoms with van der Waals surface area (Å²) in [4.78, 5) is 12.4. The van der Waals surface area contributed by atoms with Gasteiger partial charge < -0.3 is 10.1 Å². The number of aryl methyl sites for hydroxylation is 1. The average Bonchev–Trinajstić information content (AvgIpc) is 2.58. The number of benzene rings is 2. The van der Waals surface area contributed by atoms with Gasteiger partial charge in [0, 0.05) is 12.7 Å². The summed E-state index contributed by atoms with van der Waals surface area (Å²) in [5, 5.41) is 2.85. The molecule has 0 heterocycles. The van der Waals surface area contributed by atoms with Gasteiger partial charge in [-0.25, -0.2) is 8.42 Å². The first-order valence-electron chi connectivity index (χ1n) is 8.29. The molecule has 0 aliphatic heterocycles. The fraction of sp³-hybridized carbons (Fsp3) is 0.316. The van der Waals surface area contributed by atoms with Crippen LogP contribution in [0.5, 0.6) is 5.75 Å². The summed E-state index contributed by atoms with van der Waals surface area (Å²) in [5.41, 5.74) is 2.31. The van der Waals surface area contributed by atoms with E-state index in [0.29, 0.717) is 17.9 Å². The minimum absolute atomic E-state index is 0.226. The zero-order valence-corrected chi connectivity index (χ0v) is 16.2. The normalized spacial score (nSPS) is 12.3. The summed E-state index contributed by atoms with van der Waals surface area (Å²) in [6.45, 7) is 3.82. The summed E-state index contributed by atoms with van der Waals surface area (Å²) < 4.78 is 30.1. The topological polar surface area (TPSA) is 75.7 Å². The first-order valence-corrected chi connectivity index (χ1v) is 10.1. The number of nitrogens with one attached hydrogen (secondary N) is 1. The molecule has 1 amide bonds. The lowest BCUT2D eigenvalue weighted by molar-refractivity contribution is -0.122. The molecule has 140 valence electrons. The molecule has 26 heavy (non-hydrogen) atoms. The lowest BCUT2D eigenvalue weighted by atomic mass is 10.2. The third kappa shape index (κ3) is 5.23. The summed E-state index contributed by atoms with van der Waals surface area (Å²) >= 11 is 0. The highest BCUT2D eigenvalue weighted by Crippen LogP contribution is 2.22. The Morgan fingerprint density at radius 3 is 2.38 bits per heavy atom. The van der Waals surface area contributed by atoms with Crippen LogP contribution in [0, 0.1) is 6.92 Å². The fourth-order valence-electron chi connectivity index (χ4n) is 2.36. The Balaban J connectivity index is 2.06. The molecule has 0 bridgehead atoms. The maximum Gasteiger partial charge on any atom is 0.265 e. The third-order valence-corrected chi connectivity index (χ3v) is 5.13. The second kappa shape index (κ2) is 8.23. The van der Waals surface area contributed by atoms with Crippen LogP contribution >= 0.6 is 0 Å². The van der Waals surface area contributed by atoms with E-state index < -0.39 is 16.1 Å². The highest BCUT2D eigenvalue weighted by Gasteiger charge is 2.19. The van der Waals surface area contributed by atoms with E-state index in [-0.39, 0.29) is 5.91 Å². The van der Waals surface area contributed by atoms with E-state index in [9.17, 15) is 13.2 Å². The van der Waals surface area contributed by atoms with Crippen LogP contribution in [-0.4, -0.2) is 33.7 Å². The molecule has 2 aromatic carbocycles. The van der Waals surface area contributed by atoms with Crippen molar-refractivity contribution in [2.24, 2.45) is 0 Å². The Kier molecular flexibility index (Phi) is 6.26. The highest BCUT2D eigenvalue weighted by atomic mass is 32.2. The maximum atomic E-state index is 12.4. The number of hydrogen-bond acceptors (Lipinski definition) is 4. The first-order chi connectivity index (χ1) is 12.2. The van der Waals surface area contributed by atoms with Gasteiger partial charge in [-0.15, -0.1) is 0 Å². The number of sulfonamides is 1. The third-order valence-electron chi connectivity index (χ3n) is 3.92. The minimum atomic E-state index is -3.32. The largest absolute Gasteiger partial charge is 0.481 e. The molecule has 0 saturated carbocycles. The fourth-order valence-corrected chi connectivity index (χ4v) is 2.86. The Labute approximate surface area is 154 Å². The van der Waals surface area contributed by atoms with Gasteiger partial charge >= 0.3 is 0 Å². The molecular formula is C19H24N2O4S. The van der Waals surface area contributed by atoms with Crippen molar-refractivity contribution in [1.29, 1.82) is 0 Å². The van der Waals surface area contributed by atoms with E-state index >= 15 is 0 Å². The molecule has 0 aromatic heterocycles. The van der Waals surface area contributed by atoms with Gasteiger partial charge in [0.2, 0.25) is 10.0 Å². The van der Waals surface area contributed by atoms with Gasteiger partial charge in [-0.05, 0) is 55.3 Å². The van der Waals surface area contributed by atoms with Crippen LogP contribution < -0.4 is 14.4 Å².